The summed E-state index contributed by atoms with van der Waals surface area (Å²) in [4.78, 5) is 21.8. The van der Waals surface area contributed by atoms with Crippen molar-refractivity contribution < 1.29 is 9.59 Å². The maximum Gasteiger partial charge on any atom is 0.318 e. The number of imide groups is 1. The van der Waals surface area contributed by atoms with Crippen LogP contribution in [0.3, 0.4) is 0 Å². The largest absolute Gasteiger partial charge is 0.373 e. The van der Waals surface area contributed by atoms with Crippen LogP contribution in [0.2, 0.25) is 10.0 Å². The van der Waals surface area contributed by atoms with Crippen LogP contribution in [0.15, 0.2) is 6.07 Å². The van der Waals surface area contributed by atoms with Gasteiger partial charge in [0.25, 0.3) is 0 Å². The zero-order valence-corrected chi connectivity index (χ0v) is 11.6. The summed E-state index contributed by atoms with van der Waals surface area (Å²) in [5, 5.41) is 5.37. The first-order valence-electron chi connectivity index (χ1n) is 4.92. The summed E-state index contributed by atoms with van der Waals surface area (Å²) in [5.74, 6) is -0.588. The number of nitrogens with one attached hydrogen (secondary N) is 2. The predicted octanol–water partition coefficient (Wildman–Crippen LogP) is 1.60. The predicted molar refractivity (Wildman–Crippen MR) is 73.7 cm³/mol. The van der Waals surface area contributed by atoms with Gasteiger partial charge in [-0.3, -0.25) is 10.1 Å². The van der Waals surface area contributed by atoms with Gasteiger partial charge in [-0.2, -0.15) is 8.75 Å². The second-order valence-corrected chi connectivity index (χ2v) is 4.79. The number of anilines is 1. The van der Waals surface area contributed by atoms with Crippen molar-refractivity contribution in [3.8, 4) is 0 Å². The SMILES string of the molecule is NC(=O)NC(=O)CNc1c(Cl)cc(Cl)c2nsnc12. The molecule has 1 aromatic carbocycles. The molecule has 2 aromatic rings. The Morgan fingerprint density at radius 1 is 1.26 bits per heavy atom. The third kappa shape index (κ3) is 3.03. The van der Waals surface area contributed by atoms with Crippen LogP contribution in [0.4, 0.5) is 10.5 Å². The summed E-state index contributed by atoms with van der Waals surface area (Å²) in [5.41, 5.74) is 6.21. The maximum absolute atomic E-state index is 11.3. The number of carbonyl (C=O) groups is 2. The van der Waals surface area contributed by atoms with Crippen molar-refractivity contribution >= 4 is 63.6 Å². The van der Waals surface area contributed by atoms with Crippen LogP contribution in [0.5, 0.6) is 0 Å². The Morgan fingerprint density at radius 2 is 1.95 bits per heavy atom. The Kier molecular flexibility index (Phi) is 4.03. The van der Waals surface area contributed by atoms with Crippen LogP contribution < -0.4 is 16.4 Å². The summed E-state index contributed by atoms with van der Waals surface area (Å²) in [6.07, 6.45) is 0. The van der Waals surface area contributed by atoms with E-state index in [9.17, 15) is 9.59 Å². The summed E-state index contributed by atoms with van der Waals surface area (Å²) >= 11 is 13.0. The number of hydrogen-bond donors (Lipinski definition) is 3. The molecule has 1 aromatic heterocycles. The van der Waals surface area contributed by atoms with Gasteiger partial charge in [0.05, 0.1) is 34.0 Å². The van der Waals surface area contributed by atoms with Gasteiger partial charge in [0.2, 0.25) is 5.91 Å². The number of rotatable bonds is 3. The number of nitrogens with two attached hydrogens (primary N) is 1. The number of hydrogen-bond acceptors (Lipinski definition) is 6. The summed E-state index contributed by atoms with van der Waals surface area (Å²) in [6.45, 7) is -0.184. The Balaban J connectivity index is 2.23. The standard InChI is InChI=1S/C9H7Cl2N5O2S/c10-3-1-4(11)7-8(16-19-15-7)6(3)13-2-5(17)14-9(12)18/h1,13H,2H2,(H3,12,14,17,18). The van der Waals surface area contributed by atoms with E-state index < -0.39 is 11.9 Å². The quantitative estimate of drug-likeness (QED) is 0.796. The zero-order chi connectivity index (χ0) is 14.0. The second-order valence-electron chi connectivity index (χ2n) is 3.44. The fourth-order valence-electron chi connectivity index (χ4n) is 1.39. The van der Waals surface area contributed by atoms with Gasteiger partial charge < -0.3 is 11.1 Å². The molecule has 0 fully saturated rings. The highest BCUT2D eigenvalue weighted by atomic mass is 35.5. The van der Waals surface area contributed by atoms with Gasteiger partial charge >= 0.3 is 6.03 Å². The second kappa shape index (κ2) is 5.55. The van der Waals surface area contributed by atoms with Gasteiger partial charge in [0.1, 0.15) is 11.0 Å². The lowest BCUT2D eigenvalue weighted by Gasteiger charge is -2.08. The molecular formula is C9H7Cl2N5O2S. The molecule has 10 heteroatoms. The molecule has 0 spiro atoms. The minimum absolute atomic E-state index is 0.184. The molecule has 0 aliphatic carbocycles. The molecule has 7 nitrogen and oxygen atoms in total. The monoisotopic (exact) mass is 319 g/mol. The van der Waals surface area contributed by atoms with Gasteiger partial charge in [-0.1, -0.05) is 23.2 Å². The zero-order valence-electron chi connectivity index (χ0n) is 9.24. The lowest BCUT2D eigenvalue weighted by molar-refractivity contribution is -0.118. The van der Waals surface area contributed by atoms with Crippen LogP contribution in [0.25, 0.3) is 11.0 Å². The molecule has 1 heterocycles. The first kappa shape index (κ1) is 13.8. The number of fused-ring (bicyclic) bond motifs is 1. The lowest BCUT2D eigenvalue weighted by Crippen LogP contribution is -2.38. The van der Waals surface area contributed by atoms with Gasteiger partial charge in [-0.15, -0.1) is 0 Å². The molecule has 0 aliphatic rings. The summed E-state index contributed by atoms with van der Waals surface area (Å²) in [6, 6.07) is 0.579. The number of amides is 3. The van der Waals surface area contributed by atoms with Crippen molar-refractivity contribution in [2.24, 2.45) is 5.73 Å². The molecular weight excluding hydrogens is 313 g/mol. The number of urea groups is 1. The molecule has 3 amide bonds. The smallest absolute Gasteiger partial charge is 0.318 e. The average Bonchev–Trinajstić information content (AvgIpc) is 2.76. The highest BCUT2D eigenvalue weighted by Gasteiger charge is 2.14. The fourth-order valence-corrected chi connectivity index (χ4v) is 2.57. The van der Waals surface area contributed by atoms with Crippen LogP contribution in [0, 0.1) is 0 Å². The van der Waals surface area contributed by atoms with Crippen LogP contribution >= 0.6 is 34.9 Å². The number of primary amides is 1. The Hall–Kier alpha value is -1.64. The Morgan fingerprint density at radius 3 is 2.63 bits per heavy atom. The lowest BCUT2D eigenvalue weighted by atomic mass is 10.2. The van der Waals surface area contributed by atoms with E-state index in [-0.39, 0.29) is 6.54 Å². The van der Waals surface area contributed by atoms with E-state index in [2.05, 4.69) is 14.1 Å². The van der Waals surface area contributed by atoms with Gasteiger partial charge in [-0.05, 0) is 6.07 Å². The molecule has 0 bridgehead atoms. The molecule has 2 rings (SSSR count). The van der Waals surface area contributed by atoms with Crippen molar-refractivity contribution in [1.29, 1.82) is 0 Å². The van der Waals surface area contributed by atoms with E-state index in [4.69, 9.17) is 28.9 Å². The minimum Gasteiger partial charge on any atom is -0.373 e. The summed E-state index contributed by atoms with van der Waals surface area (Å²) in [7, 11) is 0. The van der Waals surface area contributed by atoms with Crippen LogP contribution in [-0.4, -0.2) is 27.2 Å². The molecule has 0 saturated carbocycles. The van der Waals surface area contributed by atoms with E-state index in [1.807, 2.05) is 5.32 Å². The third-order valence-electron chi connectivity index (χ3n) is 2.13. The Bertz CT molecular complexity index is 659. The van der Waals surface area contributed by atoms with E-state index >= 15 is 0 Å². The Labute approximate surface area is 121 Å². The number of nitrogens with zero attached hydrogens (tertiary/aromatic N) is 2. The molecule has 0 atom stereocenters. The van der Waals surface area contributed by atoms with Crippen LogP contribution in [0.1, 0.15) is 0 Å². The molecule has 4 N–H and O–H groups in total. The van der Waals surface area contributed by atoms with E-state index in [1.54, 1.807) is 0 Å². The normalized spacial score (nSPS) is 10.4. The molecule has 0 unspecified atom stereocenters. The highest BCUT2D eigenvalue weighted by Crippen LogP contribution is 2.34. The van der Waals surface area contributed by atoms with Crippen molar-refractivity contribution in [3.05, 3.63) is 16.1 Å². The highest BCUT2D eigenvalue weighted by molar-refractivity contribution is 7.00. The van der Waals surface area contributed by atoms with E-state index in [0.29, 0.717) is 26.8 Å². The average molecular weight is 320 g/mol. The number of halogens is 2. The number of aromatic nitrogens is 2. The van der Waals surface area contributed by atoms with Gasteiger partial charge in [0.15, 0.2) is 0 Å². The maximum atomic E-state index is 11.3. The third-order valence-corrected chi connectivity index (χ3v) is 3.25. The van der Waals surface area contributed by atoms with Gasteiger partial charge in [0, 0.05) is 0 Å². The first-order chi connectivity index (χ1) is 8.99. The molecule has 0 saturated heterocycles. The minimum atomic E-state index is -0.922. The fraction of sp³-hybridized carbons (Fsp3) is 0.111. The molecule has 19 heavy (non-hydrogen) atoms. The van der Waals surface area contributed by atoms with Crippen LogP contribution in [-0.2, 0) is 4.79 Å². The van der Waals surface area contributed by atoms with Crippen molar-refractivity contribution in [1.82, 2.24) is 14.1 Å². The molecule has 0 aliphatic heterocycles. The van der Waals surface area contributed by atoms with Gasteiger partial charge in [-0.25, -0.2) is 4.79 Å². The van der Waals surface area contributed by atoms with E-state index in [1.165, 1.54) is 6.07 Å². The topological polar surface area (TPSA) is 110 Å². The molecule has 100 valence electrons. The molecule has 0 radical (unpaired) electrons. The van der Waals surface area contributed by atoms with Crippen molar-refractivity contribution in [3.63, 3.8) is 0 Å². The number of benzene rings is 1. The van der Waals surface area contributed by atoms with Crippen molar-refractivity contribution in [2.45, 2.75) is 0 Å². The van der Waals surface area contributed by atoms with Crippen molar-refractivity contribution in [2.75, 3.05) is 11.9 Å². The van der Waals surface area contributed by atoms with E-state index in [0.717, 1.165) is 11.7 Å². The number of carbonyl (C=O) groups excluding carboxylic acids is 2. The summed E-state index contributed by atoms with van der Waals surface area (Å²) < 4.78 is 8.08. The first-order valence-corrected chi connectivity index (χ1v) is 6.41.